The number of hydrogen-bond acceptors (Lipinski definition) is 4. The smallest absolute Gasteiger partial charge is 0.259 e. The summed E-state index contributed by atoms with van der Waals surface area (Å²) in [5, 5.41) is 3.64. The molecular formula is C13H8ClF2N3O. The van der Waals surface area contributed by atoms with Gasteiger partial charge in [0.1, 0.15) is 0 Å². The molecule has 3 aromatic rings. The lowest BCUT2D eigenvalue weighted by Gasteiger charge is -1.97. The molecule has 0 unspecified atom stereocenters. The van der Waals surface area contributed by atoms with Crippen molar-refractivity contribution in [2.24, 2.45) is 0 Å². The standard InChI is InChI=1S/C13H7F2N3O.ClH/c14-10-5-1-4-9(11(10)15)12-17-13(19-18-12)8-3-2-6-16-7-8;/h1-7H;1H. The van der Waals surface area contributed by atoms with Crippen LogP contribution in [0.3, 0.4) is 0 Å². The minimum absolute atomic E-state index is 0. The molecule has 2 aromatic heterocycles. The van der Waals surface area contributed by atoms with E-state index in [1.165, 1.54) is 12.1 Å². The number of aromatic nitrogens is 3. The van der Waals surface area contributed by atoms with Crippen LogP contribution in [0.1, 0.15) is 0 Å². The molecule has 2 heterocycles. The Bertz CT molecular complexity index is 719. The van der Waals surface area contributed by atoms with E-state index in [1.54, 1.807) is 24.5 Å². The Labute approximate surface area is 118 Å². The second kappa shape index (κ2) is 5.75. The van der Waals surface area contributed by atoms with Crippen molar-refractivity contribution in [1.82, 2.24) is 15.1 Å². The molecule has 0 aliphatic heterocycles. The average Bonchev–Trinajstić information content (AvgIpc) is 2.92. The molecule has 1 aromatic carbocycles. The van der Waals surface area contributed by atoms with E-state index in [1.807, 2.05) is 0 Å². The van der Waals surface area contributed by atoms with Gasteiger partial charge in [-0.2, -0.15) is 4.98 Å². The van der Waals surface area contributed by atoms with Gasteiger partial charge in [-0.25, -0.2) is 8.78 Å². The molecule has 0 atom stereocenters. The Morgan fingerprint density at radius 3 is 2.65 bits per heavy atom. The van der Waals surface area contributed by atoms with Crippen molar-refractivity contribution in [3.05, 3.63) is 54.4 Å². The van der Waals surface area contributed by atoms with Gasteiger partial charge in [-0.05, 0) is 24.3 Å². The molecule has 7 heteroatoms. The Morgan fingerprint density at radius 1 is 1.05 bits per heavy atom. The first-order valence-electron chi connectivity index (χ1n) is 5.44. The zero-order chi connectivity index (χ0) is 13.2. The lowest BCUT2D eigenvalue weighted by molar-refractivity contribution is 0.431. The van der Waals surface area contributed by atoms with Gasteiger partial charge in [0.25, 0.3) is 5.89 Å². The fourth-order valence-corrected chi connectivity index (χ4v) is 1.62. The molecule has 0 fully saturated rings. The molecule has 0 spiro atoms. The second-order valence-electron chi connectivity index (χ2n) is 3.77. The van der Waals surface area contributed by atoms with Crippen molar-refractivity contribution in [3.63, 3.8) is 0 Å². The molecule has 0 aliphatic carbocycles. The summed E-state index contributed by atoms with van der Waals surface area (Å²) < 4.78 is 31.7. The predicted octanol–water partition coefficient (Wildman–Crippen LogP) is 3.50. The van der Waals surface area contributed by atoms with Crippen molar-refractivity contribution in [2.75, 3.05) is 0 Å². The van der Waals surface area contributed by atoms with Gasteiger partial charge in [-0.1, -0.05) is 11.2 Å². The molecule has 0 saturated heterocycles. The summed E-state index contributed by atoms with van der Waals surface area (Å²) in [7, 11) is 0. The van der Waals surface area contributed by atoms with Gasteiger partial charge in [0.15, 0.2) is 11.6 Å². The van der Waals surface area contributed by atoms with Crippen LogP contribution in [-0.2, 0) is 0 Å². The van der Waals surface area contributed by atoms with Crippen molar-refractivity contribution >= 4 is 12.4 Å². The fourth-order valence-electron chi connectivity index (χ4n) is 1.62. The van der Waals surface area contributed by atoms with Crippen molar-refractivity contribution < 1.29 is 13.3 Å². The van der Waals surface area contributed by atoms with E-state index in [9.17, 15) is 8.78 Å². The summed E-state index contributed by atoms with van der Waals surface area (Å²) in [5.74, 6) is -1.76. The monoisotopic (exact) mass is 295 g/mol. The maximum atomic E-state index is 13.6. The molecule has 4 nitrogen and oxygen atoms in total. The Morgan fingerprint density at radius 2 is 1.90 bits per heavy atom. The fraction of sp³-hybridized carbons (Fsp3) is 0. The molecule has 0 aliphatic rings. The molecule has 3 rings (SSSR count). The van der Waals surface area contributed by atoms with E-state index in [4.69, 9.17) is 4.52 Å². The third-order valence-corrected chi connectivity index (χ3v) is 2.53. The van der Waals surface area contributed by atoms with Gasteiger partial charge in [-0.15, -0.1) is 12.4 Å². The number of nitrogens with zero attached hydrogens (tertiary/aromatic N) is 3. The normalized spacial score (nSPS) is 10.1. The first-order valence-corrected chi connectivity index (χ1v) is 5.44. The molecule has 0 N–H and O–H groups in total. The predicted molar refractivity (Wildman–Crippen MR) is 70.1 cm³/mol. The van der Waals surface area contributed by atoms with E-state index in [0.717, 1.165) is 6.07 Å². The maximum absolute atomic E-state index is 13.6. The van der Waals surface area contributed by atoms with Crippen LogP contribution in [-0.4, -0.2) is 15.1 Å². The molecule has 0 radical (unpaired) electrons. The second-order valence-corrected chi connectivity index (χ2v) is 3.77. The van der Waals surface area contributed by atoms with Gasteiger partial charge in [0, 0.05) is 12.4 Å². The third kappa shape index (κ3) is 2.50. The van der Waals surface area contributed by atoms with Crippen LogP contribution in [0.25, 0.3) is 22.8 Å². The SMILES string of the molecule is Cl.Fc1cccc(-c2noc(-c3cccnc3)n2)c1F. The number of hydrogen-bond donors (Lipinski definition) is 0. The third-order valence-electron chi connectivity index (χ3n) is 2.53. The minimum atomic E-state index is -0.999. The van der Waals surface area contributed by atoms with Crippen LogP contribution in [0.5, 0.6) is 0 Å². The highest BCUT2D eigenvalue weighted by molar-refractivity contribution is 5.85. The highest BCUT2D eigenvalue weighted by atomic mass is 35.5. The quantitative estimate of drug-likeness (QED) is 0.726. The van der Waals surface area contributed by atoms with Gasteiger partial charge in [-0.3, -0.25) is 4.98 Å². The topological polar surface area (TPSA) is 51.8 Å². The summed E-state index contributed by atoms with van der Waals surface area (Å²) in [6.07, 6.45) is 3.15. The summed E-state index contributed by atoms with van der Waals surface area (Å²) in [4.78, 5) is 7.94. The summed E-state index contributed by atoms with van der Waals surface area (Å²) in [5.41, 5.74) is 0.567. The maximum Gasteiger partial charge on any atom is 0.259 e. The Kier molecular flexibility index (Phi) is 4.05. The first-order chi connectivity index (χ1) is 9.25. The number of pyridine rings is 1. The van der Waals surface area contributed by atoms with Crippen LogP contribution in [0.4, 0.5) is 8.78 Å². The summed E-state index contributed by atoms with van der Waals surface area (Å²) in [6, 6.07) is 7.24. The zero-order valence-electron chi connectivity index (χ0n) is 9.96. The zero-order valence-corrected chi connectivity index (χ0v) is 10.8. The molecule has 20 heavy (non-hydrogen) atoms. The van der Waals surface area contributed by atoms with E-state index >= 15 is 0 Å². The summed E-state index contributed by atoms with van der Waals surface area (Å²) >= 11 is 0. The average molecular weight is 296 g/mol. The van der Waals surface area contributed by atoms with E-state index in [-0.39, 0.29) is 29.7 Å². The first kappa shape index (κ1) is 14.1. The van der Waals surface area contributed by atoms with Crippen LogP contribution in [0.15, 0.2) is 47.2 Å². The highest BCUT2D eigenvalue weighted by Crippen LogP contribution is 2.24. The van der Waals surface area contributed by atoms with Crippen LogP contribution >= 0.6 is 12.4 Å². The molecule has 0 saturated carbocycles. The van der Waals surface area contributed by atoms with Crippen LogP contribution in [0.2, 0.25) is 0 Å². The van der Waals surface area contributed by atoms with Gasteiger partial charge < -0.3 is 4.52 Å². The number of rotatable bonds is 2. The number of benzene rings is 1. The van der Waals surface area contributed by atoms with Gasteiger partial charge in [0.2, 0.25) is 5.82 Å². The molecule has 0 amide bonds. The van der Waals surface area contributed by atoms with Crippen LogP contribution < -0.4 is 0 Å². The minimum Gasteiger partial charge on any atom is -0.334 e. The van der Waals surface area contributed by atoms with E-state index in [2.05, 4.69) is 15.1 Å². The molecular weight excluding hydrogens is 288 g/mol. The largest absolute Gasteiger partial charge is 0.334 e. The van der Waals surface area contributed by atoms with Gasteiger partial charge in [0.05, 0.1) is 11.1 Å². The lowest BCUT2D eigenvalue weighted by Crippen LogP contribution is -1.90. The van der Waals surface area contributed by atoms with Gasteiger partial charge >= 0.3 is 0 Å². The van der Waals surface area contributed by atoms with E-state index < -0.39 is 11.6 Å². The summed E-state index contributed by atoms with van der Waals surface area (Å²) in [6.45, 7) is 0. The van der Waals surface area contributed by atoms with Crippen LogP contribution in [0, 0.1) is 11.6 Å². The Hall–Kier alpha value is -2.34. The van der Waals surface area contributed by atoms with Crippen molar-refractivity contribution in [3.8, 4) is 22.8 Å². The van der Waals surface area contributed by atoms with E-state index in [0.29, 0.717) is 5.56 Å². The lowest BCUT2D eigenvalue weighted by atomic mass is 10.2. The number of halogens is 3. The Balaban J connectivity index is 0.00000147. The highest BCUT2D eigenvalue weighted by Gasteiger charge is 2.16. The molecule has 102 valence electrons. The van der Waals surface area contributed by atoms with Crippen molar-refractivity contribution in [2.45, 2.75) is 0 Å². The molecule has 0 bridgehead atoms. The van der Waals surface area contributed by atoms with Crippen molar-refractivity contribution in [1.29, 1.82) is 0 Å².